The van der Waals surface area contributed by atoms with Crippen LogP contribution in [0.4, 0.5) is 0 Å². The largest absolute Gasteiger partial charge is 0.468 e. The zero-order valence-corrected chi connectivity index (χ0v) is 12.3. The van der Waals surface area contributed by atoms with E-state index < -0.39 is 5.54 Å². The topological polar surface area (TPSA) is 50.8 Å². The molecule has 0 spiro atoms. The van der Waals surface area contributed by atoms with Crippen LogP contribution in [-0.4, -0.2) is 62.4 Å². The summed E-state index contributed by atoms with van der Waals surface area (Å²) in [6.45, 7) is 8.19. The Bertz CT molecular complexity index is 312. The zero-order valence-electron chi connectivity index (χ0n) is 12.3. The Labute approximate surface area is 115 Å². The minimum absolute atomic E-state index is 0.116. The molecule has 1 atom stereocenters. The lowest BCUT2D eigenvalue weighted by Gasteiger charge is -2.39. The highest BCUT2D eigenvalue weighted by atomic mass is 16.5. The number of carbonyl (C=O) groups excluding carboxylic acids is 1. The summed E-state index contributed by atoms with van der Waals surface area (Å²) in [6, 6.07) is 0.265. The van der Waals surface area contributed by atoms with Crippen LogP contribution in [0.25, 0.3) is 0 Å². The van der Waals surface area contributed by atoms with Crippen LogP contribution in [0.5, 0.6) is 0 Å². The lowest BCUT2D eigenvalue weighted by molar-refractivity contribution is -0.151. The lowest BCUT2D eigenvalue weighted by Crippen LogP contribution is -2.63. The Morgan fingerprint density at radius 1 is 1.42 bits per heavy atom. The summed E-state index contributed by atoms with van der Waals surface area (Å²) >= 11 is 0. The zero-order chi connectivity index (χ0) is 13.9. The van der Waals surface area contributed by atoms with Gasteiger partial charge in [0, 0.05) is 25.7 Å². The van der Waals surface area contributed by atoms with E-state index in [1.54, 1.807) is 0 Å². The Hall–Kier alpha value is -0.650. The van der Waals surface area contributed by atoms with Crippen LogP contribution in [0.15, 0.2) is 0 Å². The van der Waals surface area contributed by atoms with Crippen molar-refractivity contribution < 1.29 is 14.3 Å². The van der Waals surface area contributed by atoms with E-state index in [1.165, 1.54) is 7.11 Å². The number of morpholine rings is 1. The number of esters is 1. The van der Waals surface area contributed by atoms with Crippen LogP contribution in [0, 0.1) is 5.92 Å². The monoisotopic (exact) mass is 270 g/mol. The average Bonchev–Trinajstić information content (AvgIpc) is 3.22. The fourth-order valence-corrected chi connectivity index (χ4v) is 2.97. The molecule has 0 aromatic heterocycles. The molecule has 0 radical (unpaired) electrons. The maximum absolute atomic E-state index is 12.4. The molecular weight excluding hydrogens is 244 g/mol. The van der Waals surface area contributed by atoms with Gasteiger partial charge in [0.1, 0.15) is 5.54 Å². The smallest absolute Gasteiger partial charge is 0.327 e. The number of carbonyl (C=O) groups is 1. The third-order valence-corrected chi connectivity index (χ3v) is 3.95. The summed E-state index contributed by atoms with van der Waals surface area (Å²) in [5.74, 6) is 0.292. The van der Waals surface area contributed by atoms with Crippen molar-refractivity contribution >= 4 is 5.97 Å². The van der Waals surface area contributed by atoms with E-state index in [2.05, 4.69) is 24.1 Å². The fraction of sp³-hybridized carbons (Fsp3) is 0.929. The van der Waals surface area contributed by atoms with Crippen molar-refractivity contribution in [2.24, 2.45) is 5.92 Å². The molecule has 2 fully saturated rings. The third kappa shape index (κ3) is 3.46. The molecule has 0 aromatic rings. The first-order chi connectivity index (χ1) is 9.08. The Morgan fingerprint density at radius 3 is 2.53 bits per heavy atom. The number of hydrogen-bond acceptors (Lipinski definition) is 5. The lowest BCUT2D eigenvalue weighted by atomic mass is 9.91. The summed E-state index contributed by atoms with van der Waals surface area (Å²) < 4.78 is 10.5. The summed E-state index contributed by atoms with van der Waals surface area (Å²) in [7, 11) is 1.49. The number of hydrogen-bond donors (Lipinski definition) is 1. The standard InChI is InChI=1S/C14H26N2O3/c1-11(2)15-14(12-4-5-12,13(17)18-3)10-16-6-8-19-9-7-16/h11-12,15H,4-10H2,1-3H3. The molecule has 19 heavy (non-hydrogen) atoms. The van der Waals surface area contributed by atoms with Crippen molar-refractivity contribution in [1.29, 1.82) is 0 Å². The van der Waals surface area contributed by atoms with Crippen molar-refractivity contribution in [2.75, 3.05) is 40.0 Å². The second-order valence-corrected chi connectivity index (χ2v) is 5.92. The van der Waals surface area contributed by atoms with Gasteiger partial charge in [0.05, 0.1) is 20.3 Å². The highest BCUT2D eigenvalue weighted by Crippen LogP contribution is 2.41. The minimum Gasteiger partial charge on any atom is -0.468 e. The maximum atomic E-state index is 12.4. The van der Waals surface area contributed by atoms with Crippen molar-refractivity contribution in [2.45, 2.75) is 38.3 Å². The molecular formula is C14H26N2O3. The second-order valence-electron chi connectivity index (χ2n) is 5.92. The van der Waals surface area contributed by atoms with Gasteiger partial charge in [-0.2, -0.15) is 0 Å². The van der Waals surface area contributed by atoms with Gasteiger partial charge in [0.2, 0.25) is 0 Å². The number of rotatable bonds is 6. The highest BCUT2D eigenvalue weighted by Gasteiger charge is 2.52. The predicted molar refractivity (Wildman–Crippen MR) is 73.0 cm³/mol. The molecule has 2 rings (SSSR count). The van der Waals surface area contributed by atoms with Crippen LogP contribution in [0.3, 0.4) is 0 Å². The molecule has 0 bridgehead atoms. The van der Waals surface area contributed by atoms with E-state index in [0.29, 0.717) is 5.92 Å². The molecule has 1 heterocycles. The molecule has 1 saturated heterocycles. The first-order valence-electron chi connectivity index (χ1n) is 7.24. The highest BCUT2D eigenvalue weighted by molar-refractivity contribution is 5.82. The van der Waals surface area contributed by atoms with E-state index in [4.69, 9.17) is 9.47 Å². The molecule has 0 aromatic carbocycles. The number of nitrogens with zero attached hydrogens (tertiary/aromatic N) is 1. The van der Waals surface area contributed by atoms with Gasteiger partial charge >= 0.3 is 5.97 Å². The normalized spacial score (nSPS) is 24.2. The first kappa shape index (κ1) is 14.8. The summed E-state index contributed by atoms with van der Waals surface area (Å²) in [6.07, 6.45) is 2.22. The number of nitrogens with one attached hydrogen (secondary N) is 1. The Kier molecular flexibility index (Phi) is 4.81. The Balaban J connectivity index is 2.12. The van der Waals surface area contributed by atoms with Gasteiger partial charge in [-0.1, -0.05) is 0 Å². The molecule has 110 valence electrons. The molecule has 1 N–H and O–H groups in total. The molecule has 0 amide bonds. The Morgan fingerprint density at radius 2 is 2.05 bits per heavy atom. The van der Waals surface area contributed by atoms with Crippen LogP contribution < -0.4 is 5.32 Å². The van der Waals surface area contributed by atoms with Crippen molar-refractivity contribution in [1.82, 2.24) is 10.2 Å². The second kappa shape index (κ2) is 6.20. The van der Waals surface area contributed by atoms with E-state index in [-0.39, 0.29) is 12.0 Å². The average molecular weight is 270 g/mol. The number of methoxy groups -OCH3 is 1. The third-order valence-electron chi connectivity index (χ3n) is 3.95. The molecule has 1 unspecified atom stereocenters. The first-order valence-corrected chi connectivity index (χ1v) is 7.24. The summed E-state index contributed by atoms with van der Waals surface area (Å²) in [5.41, 5.74) is -0.541. The fourth-order valence-electron chi connectivity index (χ4n) is 2.97. The van der Waals surface area contributed by atoms with E-state index in [9.17, 15) is 4.79 Å². The van der Waals surface area contributed by atoms with Crippen molar-refractivity contribution in [3.63, 3.8) is 0 Å². The number of ether oxygens (including phenoxy) is 2. The van der Waals surface area contributed by atoms with Gasteiger partial charge < -0.3 is 9.47 Å². The molecule has 1 saturated carbocycles. The SMILES string of the molecule is COC(=O)C(CN1CCOCC1)(NC(C)C)C1CC1. The molecule has 1 aliphatic heterocycles. The van der Waals surface area contributed by atoms with Crippen LogP contribution >= 0.6 is 0 Å². The van der Waals surface area contributed by atoms with Crippen LogP contribution in [0.2, 0.25) is 0 Å². The summed E-state index contributed by atoms with van der Waals surface area (Å²) in [5, 5.41) is 3.50. The van der Waals surface area contributed by atoms with Crippen LogP contribution in [-0.2, 0) is 14.3 Å². The maximum Gasteiger partial charge on any atom is 0.327 e. The predicted octanol–water partition coefficient (Wildman–Crippen LogP) is 0.638. The van der Waals surface area contributed by atoms with Crippen molar-refractivity contribution in [3.8, 4) is 0 Å². The van der Waals surface area contributed by atoms with Gasteiger partial charge in [0.15, 0.2) is 0 Å². The van der Waals surface area contributed by atoms with Crippen LogP contribution in [0.1, 0.15) is 26.7 Å². The quantitative estimate of drug-likeness (QED) is 0.718. The molecule has 5 nitrogen and oxygen atoms in total. The van der Waals surface area contributed by atoms with Gasteiger partial charge in [0.25, 0.3) is 0 Å². The summed E-state index contributed by atoms with van der Waals surface area (Å²) in [4.78, 5) is 14.7. The van der Waals surface area contributed by atoms with E-state index in [0.717, 1.165) is 45.7 Å². The van der Waals surface area contributed by atoms with Gasteiger partial charge in [-0.15, -0.1) is 0 Å². The molecule has 1 aliphatic carbocycles. The molecule has 2 aliphatic rings. The van der Waals surface area contributed by atoms with E-state index in [1.807, 2.05) is 0 Å². The minimum atomic E-state index is -0.541. The van der Waals surface area contributed by atoms with Crippen molar-refractivity contribution in [3.05, 3.63) is 0 Å². The van der Waals surface area contributed by atoms with Gasteiger partial charge in [-0.25, -0.2) is 4.79 Å². The van der Waals surface area contributed by atoms with Gasteiger partial charge in [-0.3, -0.25) is 10.2 Å². The van der Waals surface area contributed by atoms with E-state index >= 15 is 0 Å². The van der Waals surface area contributed by atoms with Gasteiger partial charge in [-0.05, 0) is 32.6 Å². The molecule has 5 heteroatoms.